The standard InChI is InChI=1S/C8H10OS2/c1-4-5(2)7-6(3)10-8(9)11-7/h4-5,7H,1,3H2,2H3. The zero-order valence-corrected chi connectivity index (χ0v) is 8.00. The average Bonchev–Trinajstić information content (AvgIpc) is 2.28. The third-order valence-electron chi connectivity index (χ3n) is 1.60. The van der Waals surface area contributed by atoms with E-state index < -0.39 is 0 Å². The number of thioether (sulfide) groups is 2. The van der Waals surface area contributed by atoms with E-state index in [9.17, 15) is 4.79 Å². The summed E-state index contributed by atoms with van der Waals surface area (Å²) in [6.45, 7) is 9.57. The molecule has 0 amide bonds. The normalized spacial score (nSPS) is 27.2. The highest BCUT2D eigenvalue weighted by atomic mass is 32.2. The fourth-order valence-corrected chi connectivity index (χ4v) is 3.21. The van der Waals surface area contributed by atoms with Crippen LogP contribution in [0.2, 0.25) is 0 Å². The van der Waals surface area contributed by atoms with Gasteiger partial charge in [-0.2, -0.15) is 0 Å². The van der Waals surface area contributed by atoms with Gasteiger partial charge in [0.1, 0.15) is 0 Å². The zero-order valence-electron chi connectivity index (χ0n) is 6.37. The summed E-state index contributed by atoms with van der Waals surface area (Å²) in [6, 6.07) is 0. The highest BCUT2D eigenvalue weighted by Gasteiger charge is 2.30. The van der Waals surface area contributed by atoms with Crippen LogP contribution in [0.3, 0.4) is 0 Å². The van der Waals surface area contributed by atoms with Crippen molar-refractivity contribution in [1.29, 1.82) is 0 Å². The molecule has 1 aliphatic heterocycles. The molecule has 0 saturated carbocycles. The first-order valence-corrected chi connectivity index (χ1v) is 5.04. The summed E-state index contributed by atoms with van der Waals surface area (Å²) in [6.07, 6.45) is 1.86. The van der Waals surface area contributed by atoms with E-state index in [2.05, 4.69) is 20.1 Å². The van der Waals surface area contributed by atoms with Crippen LogP contribution in [-0.4, -0.2) is 9.70 Å². The molecule has 1 rings (SSSR count). The second-order valence-electron chi connectivity index (χ2n) is 2.45. The van der Waals surface area contributed by atoms with Gasteiger partial charge in [-0.05, 0) is 17.7 Å². The predicted molar refractivity (Wildman–Crippen MR) is 52.9 cm³/mol. The Labute approximate surface area is 75.3 Å². The maximum atomic E-state index is 10.9. The van der Waals surface area contributed by atoms with Gasteiger partial charge in [-0.1, -0.05) is 31.3 Å². The van der Waals surface area contributed by atoms with E-state index in [1.807, 2.05) is 6.08 Å². The number of rotatable bonds is 2. The maximum absolute atomic E-state index is 10.9. The lowest BCUT2D eigenvalue weighted by Crippen LogP contribution is -2.08. The number of hydrogen-bond donors (Lipinski definition) is 0. The summed E-state index contributed by atoms with van der Waals surface area (Å²) in [5.74, 6) is 0.339. The van der Waals surface area contributed by atoms with Crippen molar-refractivity contribution in [2.24, 2.45) is 5.92 Å². The first-order chi connectivity index (χ1) is 5.15. The second-order valence-corrected chi connectivity index (χ2v) is 4.92. The topological polar surface area (TPSA) is 17.1 Å². The number of carbonyl (C=O) groups excluding carboxylic acids is 1. The summed E-state index contributed by atoms with van der Waals surface area (Å²) in [5.41, 5.74) is 0. The fourth-order valence-electron chi connectivity index (χ4n) is 0.883. The fraction of sp³-hybridized carbons (Fsp3) is 0.375. The molecule has 1 aliphatic rings. The van der Waals surface area contributed by atoms with Crippen LogP contribution in [0.1, 0.15) is 6.92 Å². The molecule has 1 nitrogen and oxygen atoms in total. The van der Waals surface area contributed by atoms with Crippen LogP contribution in [0.4, 0.5) is 4.79 Å². The minimum Gasteiger partial charge on any atom is -0.274 e. The Balaban J connectivity index is 2.66. The van der Waals surface area contributed by atoms with Gasteiger partial charge in [0.15, 0.2) is 0 Å². The molecule has 60 valence electrons. The Morgan fingerprint density at radius 1 is 1.73 bits per heavy atom. The number of hydrogen-bond acceptors (Lipinski definition) is 3. The molecule has 2 atom stereocenters. The van der Waals surface area contributed by atoms with Gasteiger partial charge in [0.05, 0.1) is 0 Å². The largest absolute Gasteiger partial charge is 0.274 e. The van der Waals surface area contributed by atoms with Crippen LogP contribution in [0.5, 0.6) is 0 Å². The Bertz CT molecular complexity index is 210. The van der Waals surface area contributed by atoms with E-state index in [-0.39, 0.29) is 9.70 Å². The first kappa shape index (κ1) is 8.94. The SMILES string of the molecule is C=CC(C)C1SC(=O)SC1=C. The van der Waals surface area contributed by atoms with Crippen molar-refractivity contribution in [3.8, 4) is 0 Å². The lowest BCUT2D eigenvalue weighted by Gasteiger charge is -2.12. The van der Waals surface area contributed by atoms with Gasteiger partial charge in [-0.3, -0.25) is 4.79 Å². The van der Waals surface area contributed by atoms with Gasteiger partial charge in [-0.15, -0.1) is 6.58 Å². The number of allylic oxidation sites excluding steroid dienone is 1. The van der Waals surface area contributed by atoms with Crippen LogP contribution in [0.25, 0.3) is 0 Å². The minimum atomic E-state index is 0.161. The Kier molecular flexibility index (Phi) is 2.84. The van der Waals surface area contributed by atoms with E-state index in [0.29, 0.717) is 5.92 Å². The van der Waals surface area contributed by atoms with Crippen molar-refractivity contribution < 1.29 is 4.79 Å². The molecule has 3 heteroatoms. The van der Waals surface area contributed by atoms with Crippen molar-refractivity contribution in [2.45, 2.75) is 12.2 Å². The Hall–Kier alpha value is -0.150. The first-order valence-electron chi connectivity index (χ1n) is 3.35. The molecule has 0 aromatic carbocycles. The van der Waals surface area contributed by atoms with Gasteiger partial charge in [0.25, 0.3) is 4.45 Å². The monoisotopic (exact) mass is 186 g/mol. The highest BCUT2D eigenvalue weighted by Crippen LogP contribution is 2.44. The van der Waals surface area contributed by atoms with Gasteiger partial charge >= 0.3 is 0 Å². The summed E-state index contributed by atoms with van der Waals surface area (Å²) in [7, 11) is 0. The van der Waals surface area contributed by atoms with Gasteiger partial charge in [-0.25, -0.2) is 0 Å². The van der Waals surface area contributed by atoms with Gasteiger partial charge < -0.3 is 0 Å². The van der Waals surface area contributed by atoms with Crippen molar-refractivity contribution >= 4 is 28.0 Å². The third-order valence-corrected chi connectivity index (χ3v) is 4.14. The van der Waals surface area contributed by atoms with Gasteiger partial charge in [0, 0.05) is 10.2 Å². The minimum absolute atomic E-state index is 0.161. The van der Waals surface area contributed by atoms with E-state index in [4.69, 9.17) is 0 Å². The molecule has 1 heterocycles. The van der Waals surface area contributed by atoms with Crippen LogP contribution in [0.15, 0.2) is 24.1 Å². The van der Waals surface area contributed by atoms with Crippen molar-refractivity contribution in [1.82, 2.24) is 0 Å². The van der Waals surface area contributed by atoms with Crippen molar-refractivity contribution in [2.75, 3.05) is 0 Å². The van der Waals surface area contributed by atoms with Crippen LogP contribution in [-0.2, 0) is 0 Å². The molecule has 0 bridgehead atoms. The van der Waals surface area contributed by atoms with Crippen LogP contribution >= 0.6 is 23.5 Å². The Morgan fingerprint density at radius 3 is 2.73 bits per heavy atom. The predicted octanol–water partition coefficient (Wildman–Crippen LogP) is 3.29. The third kappa shape index (κ3) is 1.91. The summed E-state index contributed by atoms with van der Waals surface area (Å²) in [5, 5.41) is 0.241. The van der Waals surface area contributed by atoms with Gasteiger partial charge in [0.2, 0.25) is 0 Å². The molecule has 0 aromatic rings. The molecule has 0 spiro atoms. The van der Waals surface area contributed by atoms with Crippen molar-refractivity contribution in [3.63, 3.8) is 0 Å². The van der Waals surface area contributed by atoms with Crippen LogP contribution < -0.4 is 0 Å². The smallest absolute Gasteiger partial charge is 0.251 e. The molecular formula is C8H10OS2. The highest BCUT2D eigenvalue weighted by molar-refractivity contribution is 8.43. The molecule has 11 heavy (non-hydrogen) atoms. The Morgan fingerprint density at radius 2 is 2.36 bits per heavy atom. The molecule has 0 aromatic heterocycles. The van der Waals surface area contributed by atoms with E-state index >= 15 is 0 Å². The van der Waals surface area contributed by atoms with Crippen molar-refractivity contribution in [3.05, 3.63) is 24.1 Å². The molecule has 0 aliphatic carbocycles. The molecule has 1 saturated heterocycles. The molecule has 0 radical (unpaired) electrons. The molecule has 2 unspecified atom stereocenters. The summed E-state index contributed by atoms with van der Waals surface area (Å²) < 4.78 is 0.161. The summed E-state index contributed by atoms with van der Waals surface area (Å²) in [4.78, 5) is 11.9. The lowest BCUT2D eigenvalue weighted by molar-refractivity contribution is 0.277. The second kappa shape index (κ2) is 3.50. The quantitative estimate of drug-likeness (QED) is 0.616. The molecular weight excluding hydrogens is 176 g/mol. The van der Waals surface area contributed by atoms with E-state index in [0.717, 1.165) is 4.91 Å². The molecule has 1 fully saturated rings. The van der Waals surface area contributed by atoms with Crippen LogP contribution in [0, 0.1) is 5.92 Å². The zero-order chi connectivity index (χ0) is 8.43. The van der Waals surface area contributed by atoms with E-state index in [1.54, 1.807) is 0 Å². The average molecular weight is 186 g/mol. The molecule has 0 N–H and O–H groups in total. The summed E-state index contributed by atoms with van der Waals surface area (Å²) >= 11 is 2.61. The lowest BCUT2D eigenvalue weighted by atomic mass is 10.1. The maximum Gasteiger partial charge on any atom is 0.251 e. The number of carbonyl (C=O) groups is 1. The van der Waals surface area contributed by atoms with E-state index in [1.165, 1.54) is 23.5 Å².